The first-order valence-corrected chi connectivity index (χ1v) is 6.75. The van der Waals surface area contributed by atoms with Crippen molar-refractivity contribution in [3.8, 4) is 22.8 Å². The molecule has 104 valence electrons. The molecule has 0 aliphatic heterocycles. The molecule has 3 heterocycles. The summed E-state index contributed by atoms with van der Waals surface area (Å²) in [6.45, 7) is 3.74. The first-order valence-electron chi connectivity index (χ1n) is 5.99. The molecule has 0 fully saturated rings. The molecule has 5 nitrogen and oxygen atoms in total. The van der Waals surface area contributed by atoms with Gasteiger partial charge in [0.2, 0.25) is 0 Å². The fourth-order valence-corrected chi connectivity index (χ4v) is 2.41. The third-order valence-electron chi connectivity index (χ3n) is 2.82. The van der Waals surface area contributed by atoms with Gasteiger partial charge in [0.15, 0.2) is 11.6 Å². The van der Waals surface area contributed by atoms with Crippen LogP contribution in [0.4, 0.5) is 0 Å². The molecule has 0 spiro atoms. The summed E-state index contributed by atoms with van der Waals surface area (Å²) in [7, 11) is 0. The SMILES string of the molecule is C=Cn1nc(-c2c(Cl)cncc2Cl)nc1-c1ccncc1. The largest absolute Gasteiger partial charge is 0.265 e. The van der Waals surface area contributed by atoms with Crippen molar-refractivity contribution in [2.24, 2.45) is 0 Å². The Hall–Kier alpha value is -2.24. The van der Waals surface area contributed by atoms with E-state index in [1.54, 1.807) is 23.3 Å². The molecule has 21 heavy (non-hydrogen) atoms. The standard InChI is InChI=1S/C14H9Cl2N5/c1-2-21-14(9-3-5-17-6-4-9)19-13(20-21)12-10(15)7-18-8-11(12)16/h2-8H,1H2. The molecule has 3 rings (SSSR count). The van der Waals surface area contributed by atoms with Crippen LogP contribution in [0.5, 0.6) is 0 Å². The maximum absolute atomic E-state index is 6.14. The molecular formula is C14H9Cl2N5. The Kier molecular flexibility index (Phi) is 3.68. The van der Waals surface area contributed by atoms with E-state index in [0.29, 0.717) is 27.3 Å². The van der Waals surface area contributed by atoms with Crippen molar-refractivity contribution < 1.29 is 0 Å². The highest BCUT2D eigenvalue weighted by atomic mass is 35.5. The third-order valence-corrected chi connectivity index (χ3v) is 3.39. The second kappa shape index (κ2) is 5.63. The lowest BCUT2D eigenvalue weighted by molar-refractivity contribution is 0.946. The predicted molar refractivity (Wildman–Crippen MR) is 82.9 cm³/mol. The Morgan fingerprint density at radius 1 is 1.05 bits per heavy atom. The molecule has 0 N–H and O–H groups in total. The van der Waals surface area contributed by atoms with Crippen LogP contribution in [0.1, 0.15) is 0 Å². The van der Waals surface area contributed by atoms with Gasteiger partial charge in [0.05, 0.1) is 15.6 Å². The number of rotatable bonds is 3. The van der Waals surface area contributed by atoms with Gasteiger partial charge in [0.1, 0.15) is 0 Å². The van der Waals surface area contributed by atoms with Crippen molar-refractivity contribution in [3.63, 3.8) is 0 Å². The Labute approximate surface area is 130 Å². The minimum Gasteiger partial charge on any atom is -0.265 e. The lowest BCUT2D eigenvalue weighted by Gasteiger charge is -2.00. The fourth-order valence-electron chi connectivity index (χ4n) is 1.88. The molecule has 0 unspecified atom stereocenters. The van der Waals surface area contributed by atoms with Crippen molar-refractivity contribution in [1.29, 1.82) is 0 Å². The van der Waals surface area contributed by atoms with Crippen LogP contribution < -0.4 is 0 Å². The van der Waals surface area contributed by atoms with Crippen molar-refractivity contribution in [1.82, 2.24) is 24.7 Å². The van der Waals surface area contributed by atoms with Crippen LogP contribution in [-0.4, -0.2) is 24.7 Å². The van der Waals surface area contributed by atoms with Gasteiger partial charge < -0.3 is 0 Å². The zero-order valence-electron chi connectivity index (χ0n) is 10.7. The quantitative estimate of drug-likeness (QED) is 0.737. The van der Waals surface area contributed by atoms with Crippen molar-refractivity contribution in [3.05, 3.63) is 53.5 Å². The Balaban J connectivity index is 2.19. The number of pyridine rings is 2. The van der Waals surface area contributed by atoms with E-state index < -0.39 is 0 Å². The van der Waals surface area contributed by atoms with Crippen LogP contribution in [-0.2, 0) is 0 Å². The van der Waals surface area contributed by atoms with Gasteiger partial charge in [-0.15, -0.1) is 5.10 Å². The maximum Gasteiger partial charge on any atom is 0.185 e. The predicted octanol–water partition coefficient (Wildman–Crippen LogP) is 3.81. The van der Waals surface area contributed by atoms with E-state index in [9.17, 15) is 0 Å². The van der Waals surface area contributed by atoms with E-state index in [0.717, 1.165) is 5.56 Å². The average Bonchev–Trinajstić information content (AvgIpc) is 2.92. The van der Waals surface area contributed by atoms with E-state index in [4.69, 9.17) is 23.2 Å². The van der Waals surface area contributed by atoms with E-state index in [1.165, 1.54) is 12.4 Å². The summed E-state index contributed by atoms with van der Waals surface area (Å²) >= 11 is 12.3. The van der Waals surface area contributed by atoms with Crippen molar-refractivity contribution >= 4 is 29.4 Å². The second-order valence-corrected chi connectivity index (χ2v) is 4.91. The molecule has 0 amide bonds. The Bertz CT molecular complexity index is 778. The molecule has 0 saturated heterocycles. The summed E-state index contributed by atoms with van der Waals surface area (Å²) in [5, 5.41) is 5.15. The van der Waals surface area contributed by atoms with Gasteiger partial charge in [-0.05, 0) is 12.1 Å². The van der Waals surface area contributed by atoms with Gasteiger partial charge in [-0.1, -0.05) is 29.8 Å². The molecule has 0 aliphatic rings. The smallest absolute Gasteiger partial charge is 0.185 e. The fraction of sp³-hybridized carbons (Fsp3) is 0. The summed E-state index contributed by atoms with van der Waals surface area (Å²) in [5.41, 5.74) is 1.41. The van der Waals surface area contributed by atoms with Gasteiger partial charge in [0.25, 0.3) is 0 Å². The number of nitrogens with zero attached hydrogens (tertiary/aromatic N) is 5. The van der Waals surface area contributed by atoms with E-state index in [1.807, 2.05) is 12.1 Å². The van der Waals surface area contributed by atoms with Gasteiger partial charge in [-0.25, -0.2) is 9.67 Å². The van der Waals surface area contributed by atoms with Crippen molar-refractivity contribution in [2.75, 3.05) is 0 Å². The van der Waals surface area contributed by atoms with Gasteiger partial charge >= 0.3 is 0 Å². The molecule has 3 aromatic heterocycles. The summed E-state index contributed by atoms with van der Waals surface area (Å²) in [5.74, 6) is 1.05. The molecule has 0 bridgehead atoms. The number of aromatic nitrogens is 5. The minimum atomic E-state index is 0.394. The second-order valence-electron chi connectivity index (χ2n) is 4.10. The van der Waals surface area contributed by atoms with E-state index >= 15 is 0 Å². The topological polar surface area (TPSA) is 56.5 Å². The molecule has 0 radical (unpaired) electrons. The zero-order valence-corrected chi connectivity index (χ0v) is 12.3. The summed E-state index contributed by atoms with van der Waals surface area (Å²) < 4.78 is 1.57. The highest BCUT2D eigenvalue weighted by Gasteiger charge is 2.17. The molecule has 0 aromatic carbocycles. The maximum atomic E-state index is 6.14. The average molecular weight is 318 g/mol. The molecular weight excluding hydrogens is 309 g/mol. The molecule has 3 aromatic rings. The lowest BCUT2D eigenvalue weighted by Crippen LogP contribution is -1.92. The van der Waals surface area contributed by atoms with Gasteiger partial charge in [-0.2, -0.15) is 0 Å². The molecule has 0 saturated carbocycles. The highest BCUT2D eigenvalue weighted by molar-refractivity contribution is 6.38. The summed E-state index contributed by atoms with van der Waals surface area (Å²) in [6, 6.07) is 3.67. The molecule has 7 heteroatoms. The van der Waals surface area contributed by atoms with Gasteiger partial charge in [0, 0.05) is 36.6 Å². The lowest BCUT2D eigenvalue weighted by atomic mass is 10.2. The first kappa shape index (κ1) is 13.7. The normalized spacial score (nSPS) is 10.6. The minimum absolute atomic E-state index is 0.394. The van der Waals surface area contributed by atoms with Crippen LogP contribution >= 0.6 is 23.2 Å². The Morgan fingerprint density at radius 2 is 1.71 bits per heavy atom. The summed E-state index contributed by atoms with van der Waals surface area (Å²) in [6.07, 6.45) is 7.94. The monoisotopic (exact) mass is 317 g/mol. The van der Waals surface area contributed by atoms with E-state index in [-0.39, 0.29) is 0 Å². The number of halogens is 2. The van der Waals surface area contributed by atoms with Crippen LogP contribution in [0.2, 0.25) is 10.0 Å². The summed E-state index contributed by atoms with van der Waals surface area (Å²) in [4.78, 5) is 12.4. The molecule has 0 aliphatic carbocycles. The van der Waals surface area contributed by atoms with Crippen LogP contribution in [0.15, 0.2) is 43.5 Å². The Morgan fingerprint density at radius 3 is 2.33 bits per heavy atom. The number of hydrogen-bond acceptors (Lipinski definition) is 4. The van der Waals surface area contributed by atoms with Crippen LogP contribution in [0.3, 0.4) is 0 Å². The first-order chi connectivity index (χ1) is 10.2. The molecule has 0 atom stereocenters. The zero-order chi connectivity index (χ0) is 14.8. The van der Waals surface area contributed by atoms with Crippen LogP contribution in [0.25, 0.3) is 29.0 Å². The van der Waals surface area contributed by atoms with E-state index in [2.05, 4.69) is 26.6 Å². The van der Waals surface area contributed by atoms with Crippen LogP contribution in [0, 0.1) is 0 Å². The highest BCUT2D eigenvalue weighted by Crippen LogP contribution is 2.32. The third kappa shape index (κ3) is 2.53. The van der Waals surface area contributed by atoms with Crippen molar-refractivity contribution in [2.45, 2.75) is 0 Å². The number of hydrogen-bond donors (Lipinski definition) is 0. The van der Waals surface area contributed by atoms with Gasteiger partial charge in [-0.3, -0.25) is 9.97 Å².